The molecule has 0 aromatic carbocycles. The van der Waals surface area contributed by atoms with E-state index in [9.17, 15) is 19.2 Å². The minimum absolute atomic E-state index is 0.0417. The molecule has 16 nitrogen and oxygen atoms in total. The molecule has 0 radical (unpaired) electrons. The fraction of sp³-hybridized carbons (Fsp3) is 0.571. The van der Waals surface area contributed by atoms with E-state index in [1.807, 2.05) is 0 Å². The molecule has 0 aliphatic rings. The number of carbonyl (C=O) groups is 4. The summed E-state index contributed by atoms with van der Waals surface area (Å²) in [7, 11) is 0. The van der Waals surface area contributed by atoms with E-state index in [4.69, 9.17) is 59.8 Å². The molecule has 0 aromatic rings. The maximum Gasteiger partial charge on any atom is 0.330 e. The van der Waals surface area contributed by atoms with Crippen LogP contribution in [-0.2, 0) is 38.1 Å². The zero-order chi connectivity index (χ0) is 35.9. The molecule has 0 bridgehead atoms. The lowest BCUT2D eigenvalue weighted by atomic mass is 10.4. The third kappa shape index (κ3) is 77.1. The van der Waals surface area contributed by atoms with Gasteiger partial charge < -0.3 is 59.8 Å². The SMILES string of the molecule is C=C(C)C(=O)O.C=C(C)C(=O)O.C=C(C)C(=O)O.C=C(C)C(=O)O.OCCOCCOCCO.OCCOCCOCCO. The highest BCUT2D eigenvalue weighted by molar-refractivity contribution is 5.85. The summed E-state index contributed by atoms with van der Waals surface area (Å²) >= 11 is 0. The Kier molecular flexibility index (Phi) is 53.1. The molecule has 260 valence electrons. The molecule has 0 atom stereocenters. The predicted octanol–water partition coefficient (Wildman–Crippen LogP) is 0.597. The number of hydrogen-bond acceptors (Lipinski definition) is 12. The minimum Gasteiger partial charge on any atom is -0.478 e. The average Bonchev–Trinajstić information content (AvgIpc) is 2.94. The van der Waals surface area contributed by atoms with E-state index in [1.165, 1.54) is 27.7 Å². The fourth-order valence-electron chi connectivity index (χ4n) is 0.902. The number of ether oxygens (including phenoxy) is 4. The van der Waals surface area contributed by atoms with Gasteiger partial charge in [0, 0.05) is 22.3 Å². The van der Waals surface area contributed by atoms with Gasteiger partial charge in [-0.05, 0) is 27.7 Å². The Morgan fingerprint density at radius 3 is 0.568 bits per heavy atom. The lowest BCUT2D eigenvalue weighted by Gasteiger charge is -2.01. The van der Waals surface area contributed by atoms with Gasteiger partial charge in [0.2, 0.25) is 0 Å². The third-order valence-electron chi connectivity index (χ3n) is 3.15. The van der Waals surface area contributed by atoms with Crippen molar-refractivity contribution in [1.29, 1.82) is 0 Å². The molecule has 44 heavy (non-hydrogen) atoms. The summed E-state index contributed by atoms with van der Waals surface area (Å²) in [6.07, 6.45) is 0. The minimum atomic E-state index is -0.935. The molecule has 0 aliphatic heterocycles. The second-order valence-corrected chi connectivity index (χ2v) is 7.69. The Morgan fingerprint density at radius 2 is 0.500 bits per heavy atom. The van der Waals surface area contributed by atoms with Crippen LogP contribution in [0.2, 0.25) is 0 Å². The molecule has 16 heteroatoms. The van der Waals surface area contributed by atoms with Crippen LogP contribution in [0.5, 0.6) is 0 Å². The van der Waals surface area contributed by atoms with E-state index in [2.05, 4.69) is 26.3 Å². The van der Waals surface area contributed by atoms with Crippen molar-refractivity contribution in [3.05, 3.63) is 48.6 Å². The number of carboxylic acids is 4. The summed E-state index contributed by atoms with van der Waals surface area (Å²) in [5.74, 6) is -3.74. The van der Waals surface area contributed by atoms with Gasteiger partial charge in [0.05, 0.1) is 79.3 Å². The summed E-state index contributed by atoms with van der Waals surface area (Å²) in [5.41, 5.74) is 0.704. The van der Waals surface area contributed by atoms with Crippen molar-refractivity contribution in [1.82, 2.24) is 0 Å². The van der Waals surface area contributed by atoms with Gasteiger partial charge >= 0.3 is 23.9 Å². The lowest BCUT2D eigenvalue weighted by molar-refractivity contribution is -0.133. The molecule has 0 aliphatic carbocycles. The summed E-state index contributed by atoms with van der Waals surface area (Å²) < 4.78 is 19.5. The summed E-state index contributed by atoms with van der Waals surface area (Å²) in [6.45, 7) is 21.9. The van der Waals surface area contributed by atoms with Gasteiger partial charge in [-0.3, -0.25) is 0 Å². The first-order chi connectivity index (χ1) is 20.4. The second kappa shape index (κ2) is 44.0. The van der Waals surface area contributed by atoms with Crippen molar-refractivity contribution < 1.29 is 79.0 Å². The number of carboxylic acid groups (broad SMARTS) is 4. The van der Waals surface area contributed by atoms with Crippen molar-refractivity contribution in [2.75, 3.05) is 79.3 Å². The third-order valence-corrected chi connectivity index (χ3v) is 3.15. The van der Waals surface area contributed by atoms with Crippen LogP contribution >= 0.6 is 0 Å². The molecule has 0 unspecified atom stereocenters. The number of aliphatic hydroxyl groups is 4. The van der Waals surface area contributed by atoms with Crippen LogP contribution in [0.3, 0.4) is 0 Å². The number of aliphatic hydroxyl groups excluding tert-OH is 4. The Labute approximate surface area is 258 Å². The quantitative estimate of drug-likeness (QED) is 0.0749. The fourth-order valence-corrected chi connectivity index (χ4v) is 0.902. The smallest absolute Gasteiger partial charge is 0.330 e. The molecule has 0 rings (SSSR count). The molecular formula is C28H52O16. The average molecular weight is 645 g/mol. The first kappa shape index (κ1) is 53.1. The monoisotopic (exact) mass is 644 g/mol. The van der Waals surface area contributed by atoms with Crippen LogP contribution < -0.4 is 0 Å². The van der Waals surface area contributed by atoms with Gasteiger partial charge in [0.1, 0.15) is 0 Å². The first-order valence-electron chi connectivity index (χ1n) is 12.7. The van der Waals surface area contributed by atoms with Crippen molar-refractivity contribution in [3.8, 4) is 0 Å². The second-order valence-electron chi connectivity index (χ2n) is 7.69. The van der Waals surface area contributed by atoms with E-state index in [1.54, 1.807) is 0 Å². The van der Waals surface area contributed by atoms with E-state index >= 15 is 0 Å². The van der Waals surface area contributed by atoms with E-state index in [0.717, 1.165) is 0 Å². The summed E-state index contributed by atoms with van der Waals surface area (Å²) in [6, 6.07) is 0. The van der Waals surface area contributed by atoms with Crippen LogP contribution in [0.15, 0.2) is 48.6 Å². The van der Waals surface area contributed by atoms with Gasteiger partial charge in [-0.15, -0.1) is 0 Å². The van der Waals surface area contributed by atoms with Crippen LogP contribution in [0.4, 0.5) is 0 Å². The highest BCUT2D eigenvalue weighted by Crippen LogP contribution is 1.83. The summed E-state index contributed by atoms with van der Waals surface area (Å²) in [5, 5.41) is 64.6. The van der Waals surface area contributed by atoms with Crippen LogP contribution in [0.25, 0.3) is 0 Å². The van der Waals surface area contributed by atoms with Gasteiger partial charge in [-0.25, -0.2) is 19.2 Å². The molecule has 0 saturated heterocycles. The number of hydrogen-bond donors (Lipinski definition) is 8. The predicted molar refractivity (Wildman–Crippen MR) is 161 cm³/mol. The highest BCUT2D eigenvalue weighted by Gasteiger charge is 1.92. The zero-order valence-electron chi connectivity index (χ0n) is 26.2. The molecule has 0 spiro atoms. The Bertz CT molecular complexity index is 602. The molecule has 0 amide bonds. The molecule has 0 aromatic heterocycles. The maximum absolute atomic E-state index is 9.60. The van der Waals surface area contributed by atoms with E-state index in [-0.39, 0.29) is 48.7 Å². The first-order valence-corrected chi connectivity index (χ1v) is 12.7. The van der Waals surface area contributed by atoms with Crippen molar-refractivity contribution >= 4 is 23.9 Å². The summed E-state index contributed by atoms with van der Waals surface area (Å²) in [4.78, 5) is 38.4. The van der Waals surface area contributed by atoms with E-state index < -0.39 is 23.9 Å². The lowest BCUT2D eigenvalue weighted by Crippen LogP contribution is -2.09. The number of rotatable bonds is 18. The Morgan fingerprint density at radius 1 is 0.386 bits per heavy atom. The number of aliphatic carboxylic acids is 4. The normalized spacial score (nSPS) is 8.73. The van der Waals surface area contributed by atoms with E-state index in [0.29, 0.717) is 52.9 Å². The largest absolute Gasteiger partial charge is 0.478 e. The maximum atomic E-state index is 9.60. The van der Waals surface area contributed by atoms with Gasteiger partial charge in [-0.2, -0.15) is 0 Å². The van der Waals surface area contributed by atoms with Crippen molar-refractivity contribution in [2.45, 2.75) is 27.7 Å². The van der Waals surface area contributed by atoms with Gasteiger partial charge in [-0.1, -0.05) is 26.3 Å². The topological polar surface area (TPSA) is 267 Å². The Hall–Kier alpha value is -3.48. The van der Waals surface area contributed by atoms with Gasteiger partial charge in [0.15, 0.2) is 0 Å². The standard InChI is InChI=1S/2C6H14O4.4C4H6O2/c2*7-1-3-9-5-6-10-4-2-8;4*1-3(2)4(5)6/h2*7-8H,1-6H2;4*1H2,2H3,(H,5,6). The van der Waals surface area contributed by atoms with Crippen LogP contribution in [0.1, 0.15) is 27.7 Å². The van der Waals surface area contributed by atoms with Crippen molar-refractivity contribution in [2.24, 2.45) is 0 Å². The molecule has 0 fully saturated rings. The molecule has 8 N–H and O–H groups in total. The molecule has 0 heterocycles. The van der Waals surface area contributed by atoms with Gasteiger partial charge in [0.25, 0.3) is 0 Å². The molecule has 0 saturated carbocycles. The van der Waals surface area contributed by atoms with Crippen molar-refractivity contribution in [3.63, 3.8) is 0 Å². The highest BCUT2D eigenvalue weighted by atomic mass is 16.5. The Balaban J connectivity index is -0.000000100. The molecular weight excluding hydrogens is 592 g/mol. The van der Waals surface area contributed by atoms with Crippen LogP contribution in [0, 0.1) is 0 Å². The van der Waals surface area contributed by atoms with Crippen LogP contribution in [-0.4, -0.2) is 144 Å². The zero-order valence-corrected chi connectivity index (χ0v) is 26.2.